The van der Waals surface area contributed by atoms with Crippen molar-refractivity contribution in [3.63, 3.8) is 0 Å². The molecule has 0 unspecified atom stereocenters. The number of hydrogen-bond donors (Lipinski definition) is 1. The zero-order chi connectivity index (χ0) is 5.70. The quantitative estimate of drug-likeness (QED) is 0.327. The monoisotopic (exact) mass is 132 g/mol. The van der Waals surface area contributed by atoms with Crippen molar-refractivity contribution in [1.29, 1.82) is 0 Å². The van der Waals surface area contributed by atoms with E-state index in [1.54, 1.807) is 6.08 Å². The molecule has 0 aliphatic carbocycles. The van der Waals surface area contributed by atoms with Gasteiger partial charge in [0.1, 0.15) is 5.41 Å². The van der Waals surface area contributed by atoms with Crippen LogP contribution in [0.2, 0.25) is 0 Å². The van der Waals surface area contributed by atoms with Crippen LogP contribution in [-0.2, 0) is 4.79 Å². The van der Waals surface area contributed by atoms with E-state index in [1.165, 1.54) is 0 Å². The molecule has 40 valence electrons. The molecular formula is C4H8OSSi. The van der Waals surface area contributed by atoms with Crippen molar-refractivity contribution in [1.82, 2.24) is 0 Å². The van der Waals surface area contributed by atoms with E-state index in [9.17, 15) is 4.79 Å². The molecule has 0 aliphatic heterocycles. The van der Waals surface area contributed by atoms with Crippen LogP contribution in [0.1, 0.15) is 6.42 Å². The van der Waals surface area contributed by atoms with Gasteiger partial charge in [0.25, 0.3) is 0 Å². The molecule has 0 heterocycles. The number of carbonyl (C=O) groups excluding carboxylic acids is 1. The van der Waals surface area contributed by atoms with Gasteiger partial charge in [0.15, 0.2) is 8.67 Å². The Bertz CT molecular complexity index is 81.8. The largest absolute Gasteiger partial charge is 0.305 e. The first-order valence-corrected chi connectivity index (χ1v) is 5.28. The maximum Gasteiger partial charge on any atom is 0.158 e. The second-order valence-electron chi connectivity index (χ2n) is 1.19. The van der Waals surface area contributed by atoms with Crippen LogP contribution in [0.3, 0.4) is 0 Å². The van der Waals surface area contributed by atoms with E-state index in [1.807, 2.05) is 0 Å². The van der Waals surface area contributed by atoms with Crippen LogP contribution < -0.4 is 0 Å². The number of allylic oxidation sites excluding steroid dienone is 1. The SMILES string of the molecule is C=CCC(=O)[SiH2]S. The van der Waals surface area contributed by atoms with Gasteiger partial charge in [-0.2, -0.15) is 0 Å². The Morgan fingerprint density at radius 2 is 2.57 bits per heavy atom. The minimum Gasteiger partial charge on any atom is -0.305 e. The molecule has 0 fully saturated rings. The molecule has 0 aliphatic rings. The number of hydrogen-bond acceptors (Lipinski definition) is 2. The summed E-state index contributed by atoms with van der Waals surface area (Å²) in [5.41, 5.74) is 0. The summed E-state index contributed by atoms with van der Waals surface area (Å²) in [5, 5.41) is 0.262. The first-order valence-electron chi connectivity index (χ1n) is 2.04. The second-order valence-corrected chi connectivity index (χ2v) is 3.24. The lowest BCUT2D eigenvalue weighted by Gasteiger charge is -1.82. The van der Waals surface area contributed by atoms with Gasteiger partial charge >= 0.3 is 0 Å². The molecular weight excluding hydrogens is 124 g/mol. The van der Waals surface area contributed by atoms with E-state index < -0.39 is 8.67 Å². The lowest BCUT2D eigenvalue weighted by Crippen LogP contribution is -1.99. The molecule has 0 aromatic heterocycles. The van der Waals surface area contributed by atoms with Crippen molar-refractivity contribution in [3.8, 4) is 0 Å². The van der Waals surface area contributed by atoms with Crippen molar-refractivity contribution in [2.45, 2.75) is 6.42 Å². The zero-order valence-electron chi connectivity index (χ0n) is 4.05. The minimum atomic E-state index is -0.688. The summed E-state index contributed by atoms with van der Waals surface area (Å²) in [6, 6.07) is 0. The van der Waals surface area contributed by atoms with Crippen LogP contribution in [0.25, 0.3) is 0 Å². The Morgan fingerprint density at radius 3 is 2.71 bits per heavy atom. The van der Waals surface area contributed by atoms with Crippen LogP contribution in [0.5, 0.6) is 0 Å². The highest BCUT2D eigenvalue weighted by Crippen LogP contribution is 1.81. The molecule has 0 amide bonds. The average molecular weight is 132 g/mol. The summed E-state index contributed by atoms with van der Waals surface area (Å²) < 4.78 is 0. The third-order valence-corrected chi connectivity index (χ3v) is 2.25. The highest BCUT2D eigenvalue weighted by molar-refractivity contribution is 8.09. The van der Waals surface area contributed by atoms with Gasteiger partial charge in [0, 0.05) is 6.42 Å². The Hall–Kier alpha value is -0.0231. The summed E-state index contributed by atoms with van der Waals surface area (Å²) in [5.74, 6) is 0. The van der Waals surface area contributed by atoms with Crippen molar-refractivity contribution in [2.75, 3.05) is 0 Å². The topological polar surface area (TPSA) is 17.1 Å². The Morgan fingerprint density at radius 1 is 2.00 bits per heavy atom. The van der Waals surface area contributed by atoms with Gasteiger partial charge in [-0.25, -0.2) is 12.1 Å². The first-order chi connectivity index (χ1) is 3.31. The van der Waals surface area contributed by atoms with Gasteiger partial charge < -0.3 is 4.79 Å². The standard InChI is InChI=1S/C4H8OSSi/c1-2-3-4(5)7-6/h2,6H,1,3,7H2. The molecule has 3 heteroatoms. The van der Waals surface area contributed by atoms with E-state index in [0.29, 0.717) is 6.42 Å². The third kappa shape index (κ3) is 3.82. The van der Waals surface area contributed by atoms with Gasteiger partial charge in [-0.15, -0.1) is 6.58 Å². The lowest BCUT2D eigenvalue weighted by molar-refractivity contribution is -0.111. The zero-order valence-corrected chi connectivity index (χ0v) is 6.36. The minimum absolute atomic E-state index is 0.262. The summed E-state index contributed by atoms with van der Waals surface area (Å²) in [4.78, 5) is 10.3. The first kappa shape index (κ1) is 6.98. The molecule has 0 saturated heterocycles. The normalized spacial score (nSPS) is 9.86. The molecule has 0 radical (unpaired) electrons. The maximum atomic E-state index is 10.3. The van der Waals surface area contributed by atoms with Crippen molar-refractivity contribution >= 4 is 26.2 Å². The molecule has 0 aromatic rings. The van der Waals surface area contributed by atoms with E-state index in [4.69, 9.17) is 0 Å². The average Bonchev–Trinajstić information content (AvgIpc) is 1.68. The molecule has 0 atom stereocenters. The molecule has 0 saturated carbocycles. The van der Waals surface area contributed by atoms with Crippen molar-refractivity contribution in [3.05, 3.63) is 12.7 Å². The van der Waals surface area contributed by atoms with Gasteiger partial charge in [0.05, 0.1) is 0 Å². The Labute approximate surface area is 50.7 Å². The van der Waals surface area contributed by atoms with Crippen molar-refractivity contribution in [2.24, 2.45) is 0 Å². The van der Waals surface area contributed by atoms with E-state index in [-0.39, 0.29) is 5.41 Å². The summed E-state index contributed by atoms with van der Waals surface area (Å²) in [7, 11) is -0.688. The predicted octanol–water partition coefficient (Wildman–Crippen LogP) is 0.103. The van der Waals surface area contributed by atoms with E-state index in [2.05, 4.69) is 18.7 Å². The maximum absolute atomic E-state index is 10.3. The van der Waals surface area contributed by atoms with Crippen LogP contribution in [-0.4, -0.2) is 14.1 Å². The summed E-state index contributed by atoms with van der Waals surface area (Å²) in [6.45, 7) is 3.42. The fourth-order valence-corrected chi connectivity index (χ4v) is 0.946. The van der Waals surface area contributed by atoms with Crippen LogP contribution in [0.4, 0.5) is 0 Å². The molecule has 0 rings (SSSR count). The van der Waals surface area contributed by atoms with Gasteiger partial charge in [-0.1, -0.05) is 6.08 Å². The smallest absolute Gasteiger partial charge is 0.158 e. The molecule has 7 heavy (non-hydrogen) atoms. The molecule has 0 aromatic carbocycles. The molecule has 0 N–H and O–H groups in total. The fraction of sp³-hybridized carbons (Fsp3) is 0.250. The molecule has 0 bridgehead atoms. The second kappa shape index (κ2) is 4.14. The summed E-state index contributed by atoms with van der Waals surface area (Å²) >= 11 is 3.89. The molecule has 0 spiro atoms. The van der Waals surface area contributed by atoms with Gasteiger partial charge in [-0.3, -0.25) is 0 Å². The number of thiol groups is 1. The van der Waals surface area contributed by atoms with Crippen molar-refractivity contribution < 1.29 is 4.79 Å². The third-order valence-electron chi connectivity index (χ3n) is 0.548. The number of carbonyl (C=O) groups is 1. The van der Waals surface area contributed by atoms with Gasteiger partial charge in [0.2, 0.25) is 0 Å². The van der Waals surface area contributed by atoms with Crippen LogP contribution >= 0.6 is 12.1 Å². The van der Waals surface area contributed by atoms with Crippen LogP contribution in [0.15, 0.2) is 12.7 Å². The van der Waals surface area contributed by atoms with E-state index >= 15 is 0 Å². The highest BCUT2D eigenvalue weighted by atomic mass is 32.3. The number of rotatable bonds is 3. The Balaban J connectivity index is 3.17. The lowest BCUT2D eigenvalue weighted by atomic mass is 10.5. The van der Waals surface area contributed by atoms with Crippen LogP contribution in [0, 0.1) is 0 Å². The van der Waals surface area contributed by atoms with E-state index in [0.717, 1.165) is 0 Å². The molecule has 1 nitrogen and oxygen atoms in total. The Kier molecular flexibility index (Phi) is 4.13. The predicted molar refractivity (Wildman–Crippen MR) is 37.4 cm³/mol. The van der Waals surface area contributed by atoms with Gasteiger partial charge in [-0.05, 0) is 0 Å². The highest BCUT2D eigenvalue weighted by Gasteiger charge is 1.90. The summed E-state index contributed by atoms with van der Waals surface area (Å²) in [6.07, 6.45) is 2.13. The fourth-order valence-electron chi connectivity index (χ4n) is 0.226.